The van der Waals surface area contributed by atoms with Crippen molar-refractivity contribution in [1.29, 1.82) is 0 Å². The molecule has 1 N–H and O–H groups in total. The van der Waals surface area contributed by atoms with Gasteiger partial charge in [-0.05, 0) is 62.1 Å². The molecule has 0 spiro atoms. The van der Waals surface area contributed by atoms with Gasteiger partial charge >= 0.3 is 0 Å². The third-order valence-electron chi connectivity index (χ3n) is 6.26. The number of benzene rings is 1. The van der Waals surface area contributed by atoms with Gasteiger partial charge in [0, 0.05) is 25.4 Å². The summed E-state index contributed by atoms with van der Waals surface area (Å²) in [4.78, 5) is 27.6. The number of carbonyl (C=O) groups excluding carboxylic acids is 2. The first-order valence-electron chi connectivity index (χ1n) is 9.84. The maximum absolute atomic E-state index is 12.9. The van der Waals surface area contributed by atoms with Crippen LogP contribution in [0, 0.1) is 11.8 Å². The summed E-state index contributed by atoms with van der Waals surface area (Å²) in [6.07, 6.45) is 6.81. The summed E-state index contributed by atoms with van der Waals surface area (Å²) in [6.45, 7) is 2.50. The van der Waals surface area contributed by atoms with Gasteiger partial charge in [-0.1, -0.05) is 24.3 Å². The first-order chi connectivity index (χ1) is 12.2. The molecule has 1 aromatic carbocycles. The summed E-state index contributed by atoms with van der Waals surface area (Å²) in [5.41, 5.74) is 2.84. The summed E-state index contributed by atoms with van der Waals surface area (Å²) in [5, 5.41) is 3.31. The predicted octanol–water partition coefficient (Wildman–Crippen LogP) is 2.35. The molecule has 0 radical (unpaired) electrons. The minimum absolute atomic E-state index is 0.120. The number of likely N-dealkylation sites (tertiary alicyclic amines) is 1. The molecule has 4 heteroatoms. The van der Waals surface area contributed by atoms with E-state index in [1.807, 2.05) is 4.90 Å². The Hall–Kier alpha value is -1.68. The van der Waals surface area contributed by atoms with Crippen molar-refractivity contribution in [3.05, 3.63) is 35.4 Å². The molecule has 3 aliphatic rings. The molecule has 2 fully saturated rings. The lowest BCUT2D eigenvalue weighted by atomic mass is 9.79. The van der Waals surface area contributed by atoms with E-state index in [0.29, 0.717) is 18.1 Å². The van der Waals surface area contributed by atoms with E-state index in [1.54, 1.807) is 0 Å². The van der Waals surface area contributed by atoms with Crippen LogP contribution in [0.4, 0.5) is 0 Å². The van der Waals surface area contributed by atoms with Crippen molar-refractivity contribution in [3.8, 4) is 0 Å². The molecule has 25 heavy (non-hydrogen) atoms. The third kappa shape index (κ3) is 3.50. The third-order valence-corrected chi connectivity index (χ3v) is 6.26. The van der Waals surface area contributed by atoms with E-state index in [1.165, 1.54) is 11.1 Å². The van der Waals surface area contributed by atoms with Crippen LogP contribution in [0.5, 0.6) is 0 Å². The fraction of sp³-hybridized carbons (Fsp3) is 0.619. The van der Waals surface area contributed by atoms with Gasteiger partial charge in [0.15, 0.2) is 0 Å². The largest absolute Gasteiger partial charge is 0.341 e. The Kier molecular flexibility index (Phi) is 4.89. The summed E-state index contributed by atoms with van der Waals surface area (Å²) in [5.74, 6) is 0.769. The summed E-state index contributed by atoms with van der Waals surface area (Å²) >= 11 is 0. The minimum Gasteiger partial charge on any atom is -0.341 e. The lowest BCUT2D eigenvalue weighted by Crippen LogP contribution is -2.47. The van der Waals surface area contributed by atoms with Crippen molar-refractivity contribution >= 4 is 11.7 Å². The number of hydrogen-bond acceptors (Lipinski definition) is 3. The Morgan fingerprint density at radius 3 is 2.64 bits per heavy atom. The van der Waals surface area contributed by atoms with Gasteiger partial charge < -0.3 is 10.2 Å². The van der Waals surface area contributed by atoms with Crippen molar-refractivity contribution in [1.82, 2.24) is 10.2 Å². The molecule has 2 saturated heterocycles. The second kappa shape index (κ2) is 7.28. The number of fused-ring (bicyclic) bond motifs is 1. The van der Waals surface area contributed by atoms with Crippen LogP contribution in [0.2, 0.25) is 0 Å². The Bertz CT molecular complexity index is 651. The maximum Gasteiger partial charge on any atom is 0.240 e. The molecule has 0 saturated carbocycles. The highest BCUT2D eigenvalue weighted by molar-refractivity contribution is 5.92. The topological polar surface area (TPSA) is 49.4 Å². The minimum atomic E-state index is -0.276. The second-order valence-electron chi connectivity index (χ2n) is 7.91. The number of aryl methyl sites for hydroxylation is 1. The van der Waals surface area contributed by atoms with E-state index in [9.17, 15) is 9.59 Å². The highest BCUT2D eigenvalue weighted by Crippen LogP contribution is 2.30. The van der Waals surface area contributed by atoms with Crippen LogP contribution in [-0.2, 0) is 22.4 Å². The average Bonchev–Trinajstić information content (AvgIpc) is 3.33. The number of amides is 1. The van der Waals surface area contributed by atoms with E-state index >= 15 is 0 Å². The van der Waals surface area contributed by atoms with Crippen molar-refractivity contribution < 1.29 is 9.59 Å². The molecule has 1 amide bonds. The van der Waals surface area contributed by atoms with Crippen LogP contribution in [-0.4, -0.2) is 42.3 Å². The van der Waals surface area contributed by atoms with Gasteiger partial charge in [-0.15, -0.1) is 0 Å². The molecular formula is C21H28N2O2. The molecule has 0 bridgehead atoms. The van der Waals surface area contributed by atoms with Crippen LogP contribution in [0.3, 0.4) is 0 Å². The monoisotopic (exact) mass is 340 g/mol. The molecule has 0 aromatic heterocycles. The van der Waals surface area contributed by atoms with E-state index in [2.05, 4.69) is 29.6 Å². The van der Waals surface area contributed by atoms with Crippen molar-refractivity contribution in [2.24, 2.45) is 11.8 Å². The molecule has 3 atom stereocenters. The number of nitrogens with one attached hydrogen (secondary N) is 1. The van der Waals surface area contributed by atoms with Gasteiger partial charge in [0.1, 0.15) is 5.78 Å². The molecular weight excluding hydrogens is 312 g/mol. The Balaban J connectivity index is 1.38. The summed E-state index contributed by atoms with van der Waals surface area (Å²) in [7, 11) is 0. The average molecular weight is 340 g/mol. The van der Waals surface area contributed by atoms with Gasteiger partial charge in [-0.25, -0.2) is 0 Å². The van der Waals surface area contributed by atoms with E-state index in [0.717, 1.165) is 58.2 Å². The number of ketones is 1. The number of carbonyl (C=O) groups is 2. The van der Waals surface area contributed by atoms with E-state index in [-0.39, 0.29) is 17.9 Å². The van der Waals surface area contributed by atoms with Crippen LogP contribution in [0.15, 0.2) is 24.3 Å². The van der Waals surface area contributed by atoms with Crippen LogP contribution in [0.25, 0.3) is 0 Å². The zero-order valence-electron chi connectivity index (χ0n) is 14.9. The first-order valence-corrected chi connectivity index (χ1v) is 9.84. The fourth-order valence-corrected chi connectivity index (χ4v) is 4.83. The molecule has 2 heterocycles. The summed E-state index contributed by atoms with van der Waals surface area (Å²) < 4.78 is 0. The molecule has 2 unspecified atom stereocenters. The van der Waals surface area contributed by atoms with Gasteiger partial charge in [0.2, 0.25) is 5.91 Å². The molecule has 4 nitrogen and oxygen atoms in total. The van der Waals surface area contributed by atoms with Crippen LogP contribution in [0.1, 0.15) is 43.2 Å². The number of rotatable bonds is 4. The summed E-state index contributed by atoms with van der Waals surface area (Å²) in [6, 6.07) is 8.32. The van der Waals surface area contributed by atoms with Gasteiger partial charge in [0.05, 0.1) is 6.04 Å². The van der Waals surface area contributed by atoms with Gasteiger partial charge in [-0.2, -0.15) is 0 Å². The maximum atomic E-state index is 12.9. The highest BCUT2D eigenvalue weighted by Gasteiger charge is 2.40. The molecule has 4 rings (SSSR count). The van der Waals surface area contributed by atoms with Crippen molar-refractivity contribution in [2.75, 3.05) is 19.6 Å². The SMILES string of the molecule is O=C(CC1CCc2ccccc2C1)C1CCN[C@H]1C(=O)N1CCCC1. The zero-order chi connectivity index (χ0) is 17.2. The van der Waals surface area contributed by atoms with Gasteiger partial charge in [0.25, 0.3) is 0 Å². The normalized spacial score (nSPS) is 28.8. The fourth-order valence-electron chi connectivity index (χ4n) is 4.83. The number of hydrogen-bond donors (Lipinski definition) is 1. The van der Waals surface area contributed by atoms with E-state index < -0.39 is 0 Å². The quantitative estimate of drug-likeness (QED) is 0.915. The highest BCUT2D eigenvalue weighted by atomic mass is 16.2. The lowest BCUT2D eigenvalue weighted by Gasteiger charge is -2.27. The lowest BCUT2D eigenvalue weighted by molar-refractivity contribution is -0.136. The van der Waals surface area contributed by atoms with Crippen molar-refractivity contribution in [2.45, 2.75) is 51.0 Å². The first kappa shape index (κ1) is 16.8. The number of nitrogens with zero attached hydrogens (tertiary/aromatic N) is 1. The molecule has 1 aromatic rings. The van der Waals surface area contributed by atoms with Crippen molar-refractivity contribution in [3.63, 3.8) is 0 Å². The molecule has 1 aliphatic carbocycles. The molecule has 2 aliphatic heterocycles. The van der Waals surface area contributed by atoms with Gasteiger partial charge in [-0.3, -0.25) is 9.59 Å². The smallest absolute Gasteiger partial charge is 0.240 e. The van der Waals surface area contributed by atoms with E-state index in [4.69, 9.17) is 0 Å². The molecule has 134 valence electrons. The Labute approximate surface area is 150 Å². The number of Topliss-reactive ketones (excluding diaryl/α,β-unsaturated/α-hetero) is 1. The second-order valence-corrected chi connectivity index (χ2v) is 7.91. The Morgan fingerprint density at radius 2 is 1.84 bits per heavy atom. The Morgan fingerprint density at radius 1 is 1.08 bits per heavy atom. The standard InChI is InChI=1S/C21H28N2O2/c24-19(14-15-7-8-16-5-1-2-6-17(16)13-15)18-9-10-22-20(18)21(25)23-11-3-4-12-23/h1-2,5-6,15,18,20,22H,3-4,7-14H2/t15?,18?,20-/m1/s1. The van der Waals surface area contributed by atoms with Crippen LogP contribution >= 0.6 is 0 Å². The zero-order valence-corrected chi connectivity index (χ0v) is 14.9. The van der Waals surface area contributed by atoms with Crippen LogP contribution < -0.4 is 5.32 Å². The predicted molar refractivity (Wildman–Crippen MR) is 97.3 cm³/mol.